The summed E-state index contributed by atoms with van der Waals surface area (Å²) in [5, 5.41) is 0. The molecule has 1 aliphatic rings. The first-order valence-electron chi connectivity index (χ1n) is 9.00. The van der Waals surface area contributed by atoms with Crippen molar-refractivity contribution in [1.29, 1.82) is 0 Å². The summed E-state index contributed by atoms with van der Waals surface area (Å²) in [6, 6.07) is 9.84. The third-order valence-corrected chi connectivity index (χ3v) is 6.38. The Morgan fingerprint density at radius 3 is 2.71 bits per heavy atom. The second-order valence-electron chi connectivity index (χ2n) is 6.73. The summed E-state index contributed by atoms with van der Waals surface area (Å²) in [4.78, 5) is 12.1. The molecule has 28 heavy (non-hydrogen) atoms. The van der Waals surface area contributed by atoms with Crippen LogP contribution < -0.4 is 10.5 Å². The molecule has 1 atom stereocenters. The number of halogens is 1. The van der Waals surface area contributed by atoms with Crippen molar-refractivity contribution >= 4 is 34.1 Å². The van der Waals surface area contributed by atoms with E-state index >= 15 is 0 Å². The van der Waals surface area contributed by atoms with E-state index in [1.54, 1.807) is 32.0 Å². The van der Waals surface area contributed by atoms with Gasteiger partial charge in [0.05, 0.1) is 17.1 Å². The van der Waals surface area contributed by atoms with Crippen molar-refractivity contribution in [2.75, 3.05) is 12.3 Å². The number of hydrogen-bond acceptors (Lipinski definition) is 5. The molecule has 6 nitrogen and oxygen atoms in total. The molecule has 0 fully saturated rings. The predicted molar refractivity (Wildman–Crippen MR) is 111 cm³/mol. The van der Waals surface area contributed by atoms with Gasteiger partial charge in [0.2, 0.25) is 10.0 Å². The van der Waals surface area contributed by atoms with E-state index < -0.39 is 16.0 Å². The monoisotopic (exact) mass is 424 g/mol. The number of fused-ring (bicyclic) bond motifs is 1. The van der Waals surface area contributed by atoms with Gasteiger partial charge < -0.3 is 10.5 Å². The summed E-state index contributed by atoms with van der Waals surface area (Å²) in [5.41, 5.74) is 9.36. The third kappa shape index (κ3) is 4.66. The van der Waals surface area contributed by atoms with E-state index in [0.29, 0.717) is 17.7 Å². The quantitative estimate of drug-likeness (QED) is 0.565. The highest BCUT2D eigenvalue weighted by Gasteiger charge is 2.27. The van der Waals surface area contributed by atoms with Crippen molar-refractivity contribution in [2.45, 2.75) is 44.0 Å². The van der Waals surface area contributed by atoms with Crippen LogP contribution in [0.5, 0.6) is 0 Å². The minimum atomic E-state index is -3.80. The van der Waals surface area contributed by atoms with Crippen LogP contribution in [0.15, 0.2) is 41.3 Å². The fourth-order valence-electron chi connectivity index (χ4n) is 3.44. The number of nitrogens with two attached hydrogens (primary N) is 1. The molecular formula is C20H25ClN2O4S. The number of carbonyl (C=O) groups is 1. The molecular weight excluding hydrogens is 400 g/mol. The van der Waals surface area contributed by atoms with Crippen LogP contribution in [0.3, 0.4) is 0 Å². The zero-order chi connectivity index (χ0) is 19.6. The Bertz CT molecular complexity index is 976. The number of anilines is 1. The van der Waals surface area contributed by atoms with Gasteiger partial charge >= 0.3 is 5.97 Å². The van der Waals surface area contributed by atoms with Gasteiger partial charge in [0.1, 0.15) is 0 Å². The Kier molecular flexibility index (Phi) is 7.09. The number of benzene rings is 2. The number of nitrogen functional groups attached to an aromatic ring is 1. The number of nitrogens with one attached hydrogen (secondary N) is 1. The number of rotatable bonds is 5. The second kappa shape index (κ2) is 8.94. The van der Waals surface area contributed by atoms with E-state index in [0.717, 1.165) is 24.0 Å². The second-order valence-corrected chi connectivity index (χ2v) is 8.41. The highest BCUT2D eigenvalue weighted by molar-refractivity contribution is 7.89. The number of hydrogen-bond donors (Lipinski definition) is 2. The third-order valence-electron chi connectivity index (χ3n) is 4.77. The van der Waals surface area contributed by atoms with Crippen LogP contribution in [0.4, 0.5) is 5.69 Å². The van der Waals surface area contributed by atoms with E-state index in [4.69, 9.17) is 10.5 Å². The minimum Gasteiger partial charge on any atom is -0.462 e. The van der Waals surface area contributed by atoms with Crippen molar-refractivity contribution in [3.05, 3.63) is 58.7 Å². The topological polar surface area (TPSA) is 98.5 Å². The first-order chi connectivity index (χ1) is 12.8. The zero-order valence-electron chi connectivity index (χ0n) is 15.9. The van der Waals surface area contributed by atoms with Gasteiger partial charge in [-0.25, -0.2) is 17.9 Å². The molecule has 0 saturated heterocycles. The molecule has 1 aliphatic carbocycles. The summed E-state index contributed by atoms with van der Waals surface area (Å²) in [6.07, 6.45) is 2.48. The summed E-state index contributed by atoms with van der Waals surface area (Å²) in [7, 11) is -3.80. The van der Waals surface area contributed by atoms with Gasteiger partial charge in [-0.05, 0) is 74.1 Å². The van der Waals surface area contributed by atoms with Gasteiger partial charge in [0.25, 0.3) is 0 Å². The fourth-order valence-corrected chi connectivity index (χ4v) is 4.96. The van der Waals surface area contributed by atoms with E-state index in [2.05, 4.69) is 4.72 Å². The van der Waals surface area contributed by atoms with Gasteiger partial charge in [-0.2, -0.15) is 0 Å². The molecule has 0 saturated carbocycles. The molecule has 0 bridgehead atoms. The van der Waals surface area contributed by atoms with Crippen LogP contribution in [0, 0.1) is 6.92 Å². The predicted octanol–water partition coefficient (Wildman–Crippen LogP) is 3.53. The van der Waals surface area contributed by atoms with Crippen molar-refractivity contribution in [3.63, 3.8) is 0 Å². The van der Waals surface area contributed by atoms with Crippen LogP contribution in [0.25, 0.3) is 0 Å². The van der Waals surface area contributed by atoms with Gasteiger partial charge in [-0.3, -0.25) is 0 Å². The van der Waals surface area contributed by atoms with Crippen LogP contribution in [-0.4, -0.2) is 21.0 Å². The Labute approximate surface area is 171 Å². The van der Waals surface area contributed by atoms with Crippen LogP contribution in [0.2, 0.25) is 0 Å². The lowest BCUT2D eigenvalue weighted by Crippen LogP contribution is -2.31. The standard InChI is InChI=1S/C20H24N2O4S.ClH/c1-3-26-20(23)15-8-7-13(2)19(12-15)27(24,25)22-18-6-4-5-14-11-16(21)9-10-17(14)18;/h7-12,18,22H,3-6,21H2,1-2H3;1H. The lowest BCUT2D eigenvalue weighted by atomic mass is 9.88. The van der Waals surface area contributed by atoms with E-state index in [1.807, 2.05) is 12.1 Å². The highest BCUT2D eigenvalue weighted by atomic mass is 35.5. The number of carbonyl (C=O) groups excluding carboxylic acids is 1. The zero-order valence-corrected chi connectivity index (χ0v) is 17.5. The summed E-state index contributed by atoms with van der Waals surface area (Å²) in [6.45, 7) is 3.65. The van der Waals surface area contributed by atoms with E-state index in [9.17, 15) is 13.2 Å². The number of esters is 1. The van der Waals surface area contributed by atoms with Crippen LogP contribution in [0.1, 0.15) is 52.9 Å². The number of aryl methyl sites for hydroxylation is 2. The SMILES string of the molecule is CCOC(=O)c1ccc(C)c(S(=O)(=O)NC2CCCc3cc(N)ccc32)c1.Cl. The van der Waals surface area contributed by atoms with Crippen LogP contribution >= 0.6 is 12.4 Å². The molecule has 0 spiro atoms. The Morgan fingerprint density at radius 2 is 2.00 bits per heavy atom. The molecule has 3 N–H and O–H groups in total. The normalized spacial score (nSPS) is 16.0. The number of sulfonamides is 1. The Morgan fingerprint density at radius 1 is 1.25 bits per heavy atom. The summed E-state index contributed by atoms with van der Waals surface area (Å²) in [5.74, 6) is -0.535. The maximum Gasteiger partial charge on any atom is 0.338 e. The summed E-state index contributed by atoms with van der Waals surface area (Å²) < 4.78 is 33.9. The lowest BCUT2D eigenvalue weighted by molar-refractivity contribution is 0.0526. The molecule has 0 aliphatic heterocycles. The maximum atomic E-state index is 13.0. The Balaban J connectivity index is 0.00000280. The molecule has 3 rings (SSSR count). The molecule has 1 unspecified atom stereocenters. The van der Waals surface area contributed by atoms with Crippen molar-refractivity contribution < 1.29 is 17.9 Å². The minimum absolute atomic E-state index is 0. The molecule has 8 heteroatoms. The van der Waals surface area contributed by atoms with Gasteiger partial charge in [0, 0.05) is 11.7 Å². The molecule has 2 aromatic carbocycles. The first kappa shape index (κ1) is 22.2. The van der Waals surface area contributed by atoms with E-state index in [1.165, 1.54) is 6.07 Å². The lowest BCUT2D eigenvalue weighted by Gasteiger charge is -2.27. The summed E-state index contributed by atoms with van der Waals surface area (Å²) >= 11 is 0. The molecule has 0 heterocycles. The fraction of sp³-hybridized carbons (Fsp3) is 0.350. The van der Waals surface area contributed by atoms with Crippen molar-refractivity contribution in [2.24, 2.45) is 0 Å². The van der Waals surface area contributed by atoms with E-state index in [-0.39, 0.29) is 35.5 Å². The maximum absolute atomic E-state index is 13.0. The number of ether oxygens (including phenoxy) is 1. The molecule has 0 amide bonds. The molecule has 0 aromatic heterocycles. The largest absolute Gasteiger partial charge is 0.462 e. The van der Waals surface area contributed by atoms with Crippen LogP contribution in [-0.2, 0) is 21.2 Å². The molecule has 0 radical (unpaired) electrons. The molecule has 152 valence electrons. The first-order valence-corrected chi connectivity index (χ1v) is 10.5. The van der Waals surface area contributed by atoms with Gasteiger partial charge in [-0.15, -0.1) is 12.4 Å². The average molecular weight is 425 g/mol. The average Bonchev–Trinajstić information content (AvgIpc) is 2.61. The van der Waals surface area contributed by atoms with Crippen molar-refractivity contribution in [3.8, 4) is 0 Å². The Hall–Kier alpha value is -2.09. The highest BCUT2D eigenvalue weighted by Crippen LogP contribution is 2.32. The smallest absolute Gasteiger partial charge is 0.338 e. The van der Waals surface area contributed by atoms with Gasteiger partial charge in [0.15, 0.2) is 0 Å². The molecule has 2 aromatic rings. The van der Waals surface area contributed by atoms with Gasteiger partial charge in [-0.1, -0.05) is 12.1 Å². The van der Waals surface area contributed by atoms with Crippen molar-refractivity contribution in [1.82, 2.24) is 4.72 Å².